The first-order valence-electron chi connectivity index (χ1n) is 20.9. The molecule has 0 aromatic heterocycles. The van der Waals surface area contributed by atoms with E-state index < -0.39 is 38.2 Å². The molecule has 6 rings (SSSR count). The molecular weight excluding hydrogens is 819 g/mol. The van der Waals surface area contributed by atoms with Crippen molar-refractivity contribution >= 4 is 25.7 Å². The third-order valence-electron chi connectivity index (χ3n) is 11.1. The summed E-state index contributed by atoms with van der Waals surface area (Å²) < 4.78 is 94.3. The Balaban J connectivity index is 1.30. The van der Waals surface area contributed by atoms with Gasteiger partial charge in [-0.3, -0.25) is 0 Å². The predicted molar refractivity (Wildman–Crippen MR) is 235 cm³/mol. The number of sulfonamides is 2. The molecule has 4 aromatic rings. The third kappa shape index (κ3) is 12.2. The molecule has 0 N–H and O–H groups in total. The van der Waals surface area contributed by atoms with E-state index in [0.717, 1.165) is 53.2 Å². The third-order valence-corrected chi connectivity index (χ3v) is 14.8. The number of rotatable bonds is 22. The van der Waals surface area contributed by atoms with Gasteiger partial charge in [-0.1, -0.05) is 73.2 Å². The molecule has 0 spiro atoms. The summed E-state index contributed by atoms with van der Waals surface area (Å²) in [5, 5.41) is 0. The first-order valence-corrected chi connectivity index (χ1v) is 23.7. The first kappa shape index (κ1) is 46.6. The number of anilines is 1. The molecule has 1 unspecified atom stereocenters. The highest BCUT2D eigenvalue weighted by molar-refractivity contribution is 7.89. The lowest BCUT2D eigenvalue weighted by Crippen LogP contribution is -2.54. The van der Waals surface area contributed by atoms with Crippen molar-refractivity contribution < 1.29 is 45.3 Å². The molecule has 61 heavy (non-hydrogen) atoms. The molecule has 2 heterocycles. The van der Waals surface area contributed by atoms with Gasteiger partial charge in [0.25, 0.3) is 0 Å². The number of ether oxygens (including phenoxy) is 6. The monoisotopic (exact) mass is 879 g/mol. The van der Waals surface area contributed by atoms with Gasteiger partial charge < -0.3 is 33.3 Å². The Morgan fingerprint density at radius 1 is 0.787 bits per heavy atom. The predicted octanol–water partition coefficient (Wildman–Crippen LogP) is 6.11. The number of methoxy groups -OCH3 is 2. The highest BCUT2D eigenvalue weighted by atomic mass is 32.2. The lowest BCUT2D eigenvalue weighted by molar-refractivity contribution is -0.0792. The van der Waals surface area contributed by atoms with Crippen LogP contribution in [0.2, 0.25) is 0 Å². The zero-order valence-corrected chi connectivity index (χ0v) is 37.6. The summed E-state index contributed by atoms with van der Waals surface area (Å²) in [6.45, 7) is 8.78. The first-order chi connectivity index (χ1) is 29.4. The number of piperidine rings is 1. The molecule has 0 amide bonds. The van der Waals surface area contributed by atoms with E-state index in [1.54, 1.807) is 68.8 Å². The van der Waals surface area contributed by atoms with Gasteiger partial charge in [-0.05, 0) is 66.4 Å². The van der Waals surface area contributed by atoms with Crippen molar-refractivity contribution in [2.24, 2.45) is 5.92 Å². The van der Waals surface area contributed by atoms with Gasteiger partial charge in [-0.15, -0.1) is 0 Å². The van der Waals surface area contributed by atoms with E-state index in [1.165, 1.54) is 15.7 Å². The van der Waals surface area contributed by atoms with Gasteiger partial charge in [0.2, 0.25) is 20.0 Å². The van der Waals surface area contributed by atoms with Crippen LogP contribution in [0, 0.1) is 12.8 Å². The summed E-state index contributed by atoms with van der Waals surface area (Å²) in [6.07, 6.45) is -0.470. The molecule has 2 aliphatic rings. The molecule has 0 saturated carbocycles. The van der Waals surface area contributed by atoms with Crippen molar-refractivity contribution in [1.29, 1.82) is 0 Å². The van der Waals surface area contributed by atoms with E-state index in [9.17, 15) is 16.8 Å². The van der Waals surface area contributed by atoms with E-state index in [0.29, 0.717) is 33.0 Å². The smallest absolute Gasteiger partial charge is 0.243 e. The molecule has 2 aliphatic heterocycles. The molecule has 0 aliphatic carbocycles. The average Bonchev–Trinajstić information content (AvgIpc) is 3.26. The Kier molecular flexibility index (Phi) is 16.8. The molecule has 15 heteroatoms. The van der Waals surface area contributed by atoms with E-state index >= 15 is 0 Å². The molecule has 4 aromatic carbocycles. The number of fused-ring (bicyclic) bond motifs is 1. The fourth-order valence-corrected chi connectivity index (χ4v) is 10.4. The highest BCUT2D eigenvalue weighted by Gasteiger charge is 2.44. The lowest BCUT2D eigenvalue weighted by atomic mass is 9.85. The van der Waals surface area contributed by atoms with Crippen LogP contribution in [-0.2, 0) is 56.9 Å². The van der Waals surface area contributed by atoms with E-state index in [-0.39, 0.29) is 48.6 Å². The lowest BCUT2D eigenvalue weighted by Gasteiger charge is -2.43. The molecule has 4 atom stereocenters. The van der Waals surface area contributed by atoms with E-state index in [2.05, 4.69) is 17.9 Å². The van der Waals surface area contributed by atoms with Crippen molar-refractivity contribution in [2.45, 2.75) is 61.4 Å². The quantitative estimate of drug-likeness (QED) is 0.0848. The Morgan fingerprint density at radius 3 is 2.20 bits per heavy atom. The Bertz CT molecular complexity index is 2190. The standard InChI is InChI=1S/C46H61N3O10S2/c1-35-12-19-41(20-13-35)61(52,53)49-29-44(58-26-23-47(3)60(50,51)40-10-7-6-8-11-40)46(39-17-14-37(15-18-39)33-56-32-36(2)31-55-5)45(30-49)59-34-38-16-21-43-42(28-38)48(24-27-57-43)22-9-25-54-4/h6-8,10-21,28,36,44-46H,9,22-27,29-34H2,1-5H3/t36?,44-,45+,46+/m1/s1. The number of nitrogens with zero attached hydrogens (tertiary/aromatic N) is 3. The van der Waals surface area contributed by atoms with Crippen LogP contribution in [0.15, 0.2) is 107 Å². The van der Waals surface area contributed by atoms with Crippen molar-refractivity contribution in [2.75, 3.05) is 91.9 Å². The SMILES string of the molecule is COCCCN1CCOc2ccc(CO[C@H]3CN(S(=O)(=O)c4ccc(C)cc4)C[C@@H](OCCN(C)S(=O)(=O)c4ccccc4)[C@@H]3c3ccc(COCC(C)COC)cc3)cc21. The van der Waals surface area contributed by atoms with E-state index in [1.807, 2.05) is 43.3 Å². The summed E-state index contributed by atoms with van der Waals surface area (Å²) in [4.78, 5) is 2.65. The minimum absolute atomic E-state index is 0.0180. The maximum atomic E-state index is 14.4. The van der Waals surface area contributed by atoms with Gasteiger partial charge in [-0.2, -0.15) is 8.61 Å². The van der Waals surface area contributed by atoms with E-state index in [4.69, 9.17) is 28.4 Å². The summed E-state index contributed by atoms with van der Waals surface area (Å²) in [5.74, 6) is 0.650. The molecule has 13 nitrogen and oxygen atoms in total. The fourth-order valence-electron chi connectivity index (χ4n) is 7.76. The minimum atomic E-state index is -3.98. The summed E-state index contributed by atoms with van der Waals surface area (Å²) in [6, 6.07) is 29.2. The second-order valence-corrected chi connectivity index (χ2v) is 19.8. The molecule has 1 fully saturated rings. The zero-order chi connectivity index (χ0) is 43.4. The highest BCUT2D eigenvalue weighted by Crippen LogP contribution is 2.37. The van der Waals surface area contributed by atoms with Gasteiger partial charge >= 0.3 is 0 Å². The summed E-state index contributed by atoms with van der Waals surface area (Å²) >= 11 is 0. The Morgan fingerprint density at radius 2 is 1.49 bits per heavy atom. The van der Waals surface area contributed by atoms with Crippen LogP contribution in [0.25, 0.3) is 0 Å². The van der Waals surface area contributed by atoms with Gasteiger partial charge in [0.15, 0.2) is 0 Å². The number of aryl methyl sites for hydroxylation is 1. The van der Waals surface area contributed by atoms with Gasteiger partial charge in [0, 0.05) is 65.9 Å². The number of hydrogen-bond acceptors (Lipinski definition) is 11. The average molecular weight is 880 g/mol. The second-order valence-electron chi connectivity index (χ2n) is 15.9. The van der Waals surface area contributed by atoms with Crippen molar-refractivity contribution in [3.63, 3.8) is 0 Å². The van der Waals surface area contributed by atoms with Crippen LogP contribution in [0.3, 0.4) is 0 Å². The minimum Gasteiger partial charge on any atom is -0.490 e. The van der Waals surface area contributed by atoms with Crippen LogP contribution < -0.4 is 9.64 Å². The molecule has 0 radical (unpaired) electrons. The van der Waals surface area contributed by atoms with Crippen LogP contribution in [0.1, 0.15) is 41.5 Å². The van der Waals surface area contributed by atoms with Crippen LogP contribution in [-0.4, -0.2) is 125 Å². The fraction of sp³-hybridized carbons (Fsp3) is 0.478. The maximum Gasteiger partial charge on any atom is 0.243 e. The number of benzene rings is 4. The number of likely N-dealkylation sites (N-methyl/N-ethyl adjacent to an activating group) is 1. The van der Waals surface area contributed by atoms with Crippen LogP contribution in [0.5, 0.6) is 5.75 Å². The summed E-state index contributed by atoms with van der Waals surface area (Å²) in [7, 11) is -2.87. The van der Waals surface area contributed by atoms with Gasteiger partial charge in [0.05, 0.1) is 67.3 Å². The van der Waals surface area contributed by atoms with Crippen molar-refractivity contribution in [1.82, 2.24) is 8.61 Å². The van der Waals surface area contributed by atoms with Crippen molar-refractivity contribution in [3.05, 3.63) is 119 Å². The number of hydrogen-bond donors (Lipinski definition) is 0. The topological polar surface area (TPSA) is 133 Å². The molecule has 332 valence electrons. The van der Waals surface area contributed by atoms with Crippen molar-refractivity contribution in [3.8, 4) is 5.75 Å². The summed E-state index contributed by atoms with van der Waals surface area (Å²) in [5.41, 5.74) is 4.74. The Hall–Kier alpha value is -3.90. The molecule has 1 saturated heterocycles. The zero-order valence-electron chi connectivity index (χ0n) is 36.0. The molecule has 0 bridgehead atoms. The Labute approximate surface area is 362 Å². The van der Waals surface area contributed by atoms with Gasteiger partial charge in [0.1, 0.15) is 12.4 Å². The largest absolute Gasteiger partial charge is 0.490 e. The van der Waals surface area contributed by atoms with Crippen LogP contribution in [0.4, 0.5) is 5.69 Å². The second kappa shape index (κ2) is 21.9. The normalized spacial score (nSPS) is 19.1. The molecular formula is C46H61N3O10S2. The van der Waals surface area contributed by atoms with Crippen LogP contribution >= 0.6 is 0 Å². The maximum absolute atomic E-state index is 14.4. The van der Waals surface area contributed by atoms with Gasteiger partial charge in [-0.25, -0.2) is 16.8 Å².